The van der Waals surface area contributed by atoms with E-state index in [0.29, 0.717) is 23.7 Å². The first-order valence-corrected chi connectivity index (χ1v) is 8.12. The number of pyridine rings is 1. The standard InChI is InChI=1S/C18H25N5O2/c1-5-25-18(24)22-15-8-14(19)17(23-16(15)20)21-9-13-11(3)6-10(2)7-12(13)4/h6-8H,5,9,19H2,1-4H3,(H,22,24)(H3,20,21,23). The van der Waals surface area contributed by atoms with Crippen LogP contribution >= 0.6 is 0 Å². The molecule has 0 spiro atoms. The third-order valence-electron chi connectivity index (χ3n) is 3.87. The fraction of sp³-hybridized carbons (Fsp3) is 0.333. The lowest BCUT2D eigenvalue weighted by Crippen LogP contribution is -2.16. The van der Waals surface area contributed by atoms with Crippen molar-refractivity contribution >= 4 is 29.1 Å². The van der Waals surface area contributed by atoms with Gasteiger partial charge in [0.2, 0.25) is 0 Å². The van der Waals surface area contributed by atoms with Crippen LogP contribution in [0.3, 0.4) is 0 Å². The summed E-state index contributed by atoms with van der Waals surface area (Å²) < 4.78 is 4.82. The summed E-state index contributed by atoms with van der Waals surface area (Å²) in [4.78, 5) is 15.8. The zero-order chi connectivity index (χ0) is 18.6. The number of nitrogens with one attached hydrogen (secondary N) is 2. The van der Waals surface area contributed by atoms with Gasteiger partial charge in [0.25, 0.3) is 0 Å². The van der Waals surface area contributed by atoms with E-state index in [0.717, 1.165) is 0 Å². The van der Waals surface area contributed by atoms with Gasteiger partial charge in [0.15, 0.2) is 5.82 Å². The number of rotatable bonds is 5. The van der Waals surface area contributed by atoms with Crippen LogP contribution in [0.2, 0.25) is 0 Å². The highest BCUT2D eigenvalue weighted by Crippen LogP contribution is 2.27. The van der Waals surface area contributed by atoms with Crippen LogP contribution in [0.1, 0.15) is 29.2 Å². The predicted molar refractivity (Wildman–Crippen MR) is 102 cm³/mol. The van der Waals surface area contributed by atoms with Gasteiger partial charge in [-0.15, -0.1) is 0 Å². The Morgan fingerprint density at radius 2 is 1.80 bits per heavy atom. The van der Waals surface area contributed by atoms with E-state index in [1.165, 1.54) is 22.3 Å². The van der Waals surface area contributed by atoms with E-state index in [2.05, 4.69) is 48.5 Å². The predicted octanol–water partition coefficient (Wildman–Crippen LogP) is 3.35. The summed E-state index contributed by atoms with van der Waals surface area (Å²) in [7, 11) is 0. The maximum atomic E-state index is 11.5. The van der Waals surface area contributed by atoms with Crippen molar-refractivity contribution in [3.05, 3.63) is 40.5 Å². The van der Waals surface area contributed by atoms with E-state index in [1.54, 1.807) is 13.0 Å². The normalized spacial score (nSPS) is 10.4. The summed E-state index contributed by atoms with van der Waals surface area (Å²) >= 11 is 0. The van der Waals surface area contributed by atoms with E-state index in [1.807, 2.05) is 0 Å². The molecule has 1 amide bonds. The molecule has 0 saturated carbocycles. The third-order valence-corrected chi connectivity index (χ3v) is 3.87. The van der Waals surface area contributed by atoms with E-state index in [-0.39, 0.29) is 12.4 Å². The number of anilines is 4. The van der Waals surface area contributed by atoms with Gasteiger partial charge in [-0.1, -0.05) is 17.7 Å². The number of hydrogen-bond donors (Lipinski definition) is 4. The number of aryl methyl sites for hydroxylation is 3. The van der Waals surface area contributed by atoms with Crippen molar-refractivity contribution in [3.8, 4) is 0 Å². The Hall–Kier alpha value is -2.96. The van der Waals surface area contributed by atoms with Gasteiger partial charge in [0, 0.05) is 6.54 Å². The Kier molecular flexibility index (Phi) is 5.69. The van der Waals surface area contributed by atoms with E-state index < -0.39 is 6.09 Å². The quantitative estimate of drug-likeness (QED) is 0.662. The van der Waals surface area contributed by atoms with Crippen molar-refractivity contribution < 1.29 is 9.53 Å². The summed E-state index contributed by atoms with van der Waals surface area (Å²) in [5.41, 5.74) is 17.5. The fourth-order valence-electron chi connectivity index (χ4n) is 2.72. The van der Waals surface area contributed by atoms with Gasteiger partial charge < -0.3 is 21.5 Å². The largest absolute Gasteiger partial charge is 0.450 e. The molecule has 0 bridgehead atoms. The Morgan fingerprint density at radius 3 is 2.40 bits per heavy atom. The summed E-state index contributed by atoms with van der Waals surface area (Å²) in [6.45, 7) is 8.80. The number of ether oxygens (including phenoxy) is 1. The number of benzene rings is 1. The molecule has 0 fully saturated rings. The zero-order valence-corrected chi connectivity index (χ0v) is 15.1. The smallest absolute Gasteiger partial charge is 0.411 e. The number of amides is 1. The number of carbonyl (C=O) groups is 1. The van der Waals surface area contributed by atoms with Crippen LogP contribution in [0.4, 0.5) is 27.8 Å². The highest BCUT2D eigenvalue weighted by atomic mass is 16.5. The lowest BCUT2D eigenvalue weighted by Gasteiger charge is -2.15. The topological polar surface area (TPSA) is 115 Å². The molecule has 0 radical (unpaired) electrons. The SMILES string of the molecule is CCOC(=O)Nc1cc(N)c(NCc2c(C)cc(C)cc2C)nc1N. The first-order chi connectivity index (χ1) is 11.8. The minimum Gasteiger partial charge on any atom is -0.450 e. The second-order valence-corrected chi connectivity index (χ2v) is 5.94. The number of nitrogens with zero attached hydrogens (tertiary/aromatic N) is 1. The van der Waals surface area contributed by atoms with Crippen molar-refractivity contribution in [2.75, 3.05) is 28.7 Å². The molecule has 7 nitrogen and oxygen atoms in total. The molecule has 1 aromatic carbocycles. The number of aromatic nitrogens is 1. The number of nitrogens with two attached hydrogens (primary N) is 2. The van der Waals surface area contributed by atoms with Crippen molar-refractivity contribution in [3.63, 3.8) is 0 Å². The van der Waals surface area contributed by atoms with Crippen molar-refractivity contribution in [1.82, 2.24) is 4.98 Å². The van der Waals surface area contributed by atoms with Crippen LogP contribution in [0, 0.1) is 20.8 Å². The van der Waals surface area contributed by atoms with Crippen LogP contribution in [0.5, 0.6) is 0 Å². The van der Waals surface area contributed by atoms with Crippen LogP contribution in [-0.4, -0.2) is 17.7 Å². The van der Waals surface area contributed by atoms with Gasteiger partial charge in [0.05, 0.1) is 18.0 Å². The van der Waals surface area contributed by atoms with Crippen molar-refractivity contribution in [1.29, 1.82) is 0 Å². The molecule has 7 heteroatoms. The van der Waals surface area contributed by atoms with Crippen LogP contribution < -0.4 is 22.1 Å². The second-order valence-electron chi connectivity index (χ2n) is 5.94. The van der Waals surface area contributed by atoms with Gasteiger partial charge >= 0.3 is 6.09 Å². The average molecular weight is 343 g/mol. The molecular weight excluding hydrogens is 318 g/mol. The molecule has 0 saturated heterocycles. The minimum atomic E-state index is -0.595. The summed E-state index contributed by atoms with van der Waals surface area (Å²) in [6, 6.07) is 5.85. The highest BCUT2D eigenvalue weighted by molar-refractivity contribution is 5.90. The molecule has 0 aliphatic carbocycles. The van der Waals surface area contributed by atoms with E-state index >= 15 is 0 Å². The maximum Gasteiger partial charge on any atom is 0.411 e. The van der Waals surface area contributed by atoms with Gasteiger partial charge in [-0.2, -0.15) is 0 Å². The molecule has 134 valence electrons. The molecular formula is C18H25N5O2. The second kappa shape index (κ2) is 7.74. The summed E-state index contributed by atoms with van der Waals surface area (Å²) in [5.74, 6) is 0.647. The van der Waals surface area contributed by atoms with Crippen LogP contribution in [0.15, 0.2) is 18.2 Å². The lowest BCUT2D eigenvalue weighted by atomic mass is 10.00. The van der Waals surface area contributed by atoms with Gasteiger partial charge in [-0.25, -0.2) is 9.78 Å². The first-order valence-electron chi connectivity index (χ1n) is 8.12. The lowest BCUT2D eigenvalue weighted by molar-refractivity contribution is 0.168. The van der Waals surface area contributed by atoms with E-state index in [4.69, 9.17) is 16.2 Å². The van der Waals surface area contributed by atoms with Gasteiger partial charge in [-0.05, 0) is 50.5 Å². The number of carbonyl (C=O) groups excluding carboxylic acids is 1. The van der Waals surface area contributed by atoms with E-state index in [9.17, 15) is 4.79 Å². The Bertz CT molecular complexity index is 766. The molecule has 2 aromatic rings. The molecule has 0 atom stereocenters. The minimum absolute atomic E-state index is 0.169. The zero-order valence-electron chi connectivity index (χ0n) is 15.1. The molecule has 0 aliphatic rings. The highest BCUT2D eigenvalue weighted by Gasteiger charge is 2.12. The Balaban J connectivity index is 2.16. The number of hydrogen-bond acceptors (Lipinski definition) is 6. The van der Waals surface area contributed by atoms with Crippen LogP contribution in [0.25, 0.3) is 0 Å². The number of nitrogen functional groups attached to an aromatic ring is 2. The molecule has 6 N–H and O–H groups in total. The van der Waals surface area contributed by atoms with Gasteiger partial charge in [-0.3, -0.25) is 5.32 Å². The average Bonchev–Trinajstić information content (AvgIpc) is 2.50. The van der Waals surface area contributed by atoms with Gasteiger partial charge in [0.1, 0.15) is 5.82 Å². The molecule has 1 aromatic heterocycles. The maximum absolute atomic E-state index is 11.5. The fourth-order valence-corrected chi connectivity index (χ4v) is 2.72. The molecule has 0 unspecified atom stereocenters. The van der Waals surface area contributed by atoms with Crippen molar-refractivity contribution in [2.24, 2.45) is 0 Å². The molecule has 2 rings (SSSR count). The monoisotopic (exact) mass is 343 g/mol. The first kappa shape index (κ1) is 18.4. The third kappa shape index (κ3) is 4.53. The Morgan fingerprint density at radius 1 is 1.16 bits per heavy atom. The molecule has 1 heterocycles. The summed E-state index contributed by atoms with van der Waals surface area (Å²) in [6.07, 6.45) is -0.595. The Labute approximate surface area is 147 Å². The van der Waals surface area contributed by atoms with Crippen LogP contribution in [-0.2, 0) is 11.3 Å². The van der Waals surface area contributed by atoms with Crippen molar-refractivity contribution in [2.45, 2.75) is 34.2 Å². The molecule has 0 aliphatic heterocycles. The summed E-state index contributed by atoms with van der Waals surface area (Å²) in [5, 5.41) is 5.74. The molecule has 25 heavy (non-hydrogen) atoms.